The molecule has 1 atom stereocenters. The van der Waals surface area contributed by atoms with Gasteiger partial charge in [-0.1, -0.05) is 11.6 Å². The van der Waals surface area contributed by atoms with Gasteiger partial charge in [-0.05, 0) is 32.2 Å². The number of rotatable bonds is 1. The average molecular weight is 167 g/mol. The van der Waals surface area contributed by atoms with E-state index in [1.54, 1.807) is 5.57 Å². The standard InChI is InChI=1S/C10H17NO/c1-2-6-12-10(3-1)7-9-4-5-11-8-9/h7,10-11H,1-6,8H2/b9-7-. The first kappa shape index (κ1) is 8.27. The van der Waals surface area contributed by atoms with Gasteiger partial charge in [-0.3, -0.25) is 0 Å². The lowest BCUT2D eigenvalue weighted by atomic mass is 10.1. The Labute approximate surface area is 74.0 Å². The third-order valence-electron chi connectivity index (χ3n) is 2.61. The van der Waals surface area contributed by atoms with Crippen molar-refractivity contribution in [1.29, 1.82) is 0 Å². The quantitative estimate of drug-likeness (QED) is 0.597. The van der Waals surface area contributed by atoms with Gasteiger partial charge in [0.05, 0.1) is 6.10 Å². The molecular formula is C10H17NO. The summed E-state index contributed by atoms with van der Waals surface area (Å²) in [5, 5.41) is 3.34. The molecule has 68 valence electrons. The van der Waals surface area contributed by atoms with Crippen LogP contribution >= 0.6 is 0 Å². The molecule has 2 aliphatic rings. The molecule has 0 aromatic heterocycles. The first-order valence-corrected chi connectivity index (χ1v) is 4.97. The molecule has 2 fully saturated rings. The zero-order valence-electron chi connectivity index (χ0n) is 7.51. The third kappa shape index (κ3) is 2.08. The Morgan fingerprint density at radius 1 is 1.42 bits per heavy atom. The van der Waals surface area contributed by atoms with E-state index in [9.17, 15) is 0 Å². The van der Waals surface area contributed by atoms with Crippen LogP contribution in [0.1, 0.15) is 25.7 Å². The van der Waals surface area contributed by atoms with Crippen molar-refractivity contribution < 1.29 is 4.74 Å². The Kier molecular flexibility index (Phi) is 2.79. The molecule has 0 radical (unpaired) electrons. The van der Waals surface area contributed by atoms with Crippen LogP contribution in [0, 0.1) is 0 Å². The van der Waals surface area contributed by atoms with Gasteiger partial charge in [0.2, 0.25) is 0 Å². The Hall–Kier alpha value is -0.340. The van der Waals surface area contributed by atoms with E-state index < -0.39 is 0 Å². The summed E-state index contributed by atoms with van der Waals surface area (Å²) in [6, 6.07) is 0. The van der Waals surface area contributed by atoms with Crippen LogP contribution in [0.15, 0.2) is 11.6 Å². The van der Waals surface area contributed by atoms with E-state index in [-0.39, 0.29) is 0 Å². The molecule has 0 aliphatic carbocycles. The largest absolute Gasteiger partial charge is 0.374 e. The molecule has 2 heterocycles. The minimum absolute atomic E-state index is 0.425. The van der Waals surface area contributed by atoms with Crippen molar-refractivity contribution in [2.24, 2.45) is 0 Å². The van der Waals surface area contributed by atoms with Crippen LogP contribution in [0.5, 0.6) is 0 Å². The maximum Gasteiger partial charge on any atom is 0.0758 e. The SMILES string of the molecule is C(=C1\CCNC1)/C1CCCCO1. The summed E-state index contributed by atoms with van der Waals surface area (Å²) in [7, 11) is 0. The highest BCUT2D eigenvalue weighted by molar-refractivity contribution is 5.11. The van der Waals surface area contributed by atoms with Gasteiger partial charge in [-0.2, -0.15) is 0 Å². The molecule has 2 aliphatic heterocycles. The van der Waals surface area contributed by atoms with E-state index in [4.69, 9.17) is 4.74 Å². The number of ether oxygens (including phenoxy) is 1. The topological polar surface area (TPSA) is 21.3 Å². The van der Waals surface area contributed by atoms with Gasteiger partial charge in [0.15, 0.2) is 0 Å². The Morgan fingerprint density at radius 3 is 3.08 bits per heavy atom. The van der Waals surface area contributed by atoms with Crippen LogP contribution < -0.4 is 5.32 Å². The normalized spacial score (nSPS) is 34.3. The van der Waals surface area contributed by atoms with Crippen molar-refractivity contribution in [1.82, 2.24) is 5.32 Å². The minimum Gasteiger partial charge on any atom is -0.374 e. The van der Waals surface area contributed by atoms with Crippen molar-refractivity contribution in [2.75, 3.05) is 19.7 Å². The molecule has 2 heteroatoms. The van der Waals surface area contributed by atoms with Gasteiger partial charge >= 0.3 is 0 Å². The van der Waals surface area contributed by atoms with Gasteiger partial charge in [0.25, 0.3) is 0 Å². The fourth-order valence-corrected chi connectivity index (χ4v) is 1.89. The number of hydrogen-bond donors (Lipinski definition) is 1. The average Bonchev–Trinajstić information content (AvgIpc) is 2.59. The molecule has 0 aromatic carbocycles. The Morgan fingerprint density at radius 2 is 2.42 bits per heavy atom. The van der Waals surface area contributed by atoms with Crippen molar-refractivity contribution in [3.63, 3.8) is 0 Å². The first-order chi connectivity index (χ1) is 5.95. The zero-order valence-corrected chi connectivity index (χ0v) is 7.51. The van der Waals surface area contributed by atoms with Gasteiger partial charge in [-0.15, -0.1) is 0 Å². The molecule has 0 aromatic rings. The highest BCUT2D eigenvalue weighted by atomic mass is 16.5. The van der Waals surface area contributed by atoms with Crippen LogP contribution in [-0.4, -0.2) is 25.8 Å². The second-order valence-electron chi connectivity index (χ2n) is 3.66. The number of hydrogen-bond acceptors (Lipinski definition) is 2. The maximum absolute atomic E-state index is 5.64. The lowest BCUT2D eigenvalue weighted by Crippen LogP contribution is -2.17. The Bertz CT molecular complexity index is 163. The van der Waals surface area contributed by atoms with Crippen molar-refractivity contribution >= 4 is 0 Å². The molecule has 2 rings (SSSR count). The van der Waals surface area contributed by atoms with Gasteiger partial charge in [0, 0.05) is 13.2 Å². The predicted molar refractivity (Wildman–Crippen MR) is 49.2 cm³/mol. The van der Waals surface area contributed by atoms with Crippen LogP contribution in [0.2, 0.25) is 0 Å². The van der Waals surface area contributed by atoms with Crippen molar-refractivity contribution in [2.45, 2.75) is 31.8 Å². The van der Waals surface area contributed by atoms with Gasteiger partial charge < -0.3 is 10.1 Å². The van der Waals surface area contributed by atoms with Crippen molar-refractivity contribution in [3.8, 4) is 0 Å². The zero-order chi connectivity index (χ0) is 8.23. The smallest absolute Gasteiger partial charge is 0.0758 e. The summed E-state index contributed by atoms with van der Waals surface area (Å²) >= 11 is 0. The second kappa shape index (κ2) is 4.06. The summed E-state index contributed by atoms with van der Waals surface area (Å²) in [6.07, 6.45) is 7.79. The summed E-state index contributed by atoms with van der Waals surface area (Å²) in [5.41, 5.74) is 1.54. The van der Waals surface area contributed by atoms with Crippen LogP contribution in [0.25, 0.3) is 0 Å². The lowest BCUT2D eigenvalue weighted by molar-refractivity contribution is 0.0461. The summed E-state index contributed by atoms with van der Waals surface area (Å²) in [5.74, 6) is 0. The van der Waals surface area contributed by atoms with Crippen LogP contribution in [0.3, 0.4) is 0 Å². The van der Waals surface area contributed by atoms with Gasteiger partial charge in [0.1, 0.15) is 0 Å². The fraction of sp³-hybridized carbons (Fsp3) is 0.800. The van der Waals surface area contributed by atoms with Crippen molar-refractivity contribution in [3.05, 3.63) is 11.6 Å². The molecule has 1 unspecified atom stereocenters. The fourth-order valence-electron chi connectivity index (χ4n) is 1.89. The maximum atomic E-state index is 5.64. The minimum atomic E-state index is 0.425. The molecule has 0 bridgehead atoms. The Balaban J connectivity index is 1.86. The monoisotopic (exact) mass is 167 g/mol. The highest BCUT2D eigenvalue weighted by Gasteiger charge is 2.13. The second-order valence-corrected chi connectivity index (χ2v) is 3.66. The lowest BCUT2D eigenvalue weighted by Gasteiger charge is -2.19. The summed E-state index contributed by atoms with van der Waals surface area (Å²) in [4.78, 5) is 0. The molecule has 0 amide bonds. The van der Waals surface area contributed by atoms with E-state index in [2.05, 4.69) is 11.4 Å². The predicted octanol–water partition coefficient (Wildman–Crippen LogP) is 1.48. The van der Waals surface area contributed by atoms with E-state index >= 15 is 0 Å². The summed E-state index contributed by atoms with van der Waals surface area (Å²) in [6.45, 7) is 3.19. The van der Waals surface area contributed by atoms with Crippen LogP contribution in [0.4, 0.5) is 0 Å². The van der Waals surface area contributed by atoms with E-state index in [0.717, 1.165) is 19.7 Å². The van der Waals surface area contributed by atoms with E-state index in [1.165, 1.54) is 25.7 Å². The molecule has 0 spiro atoms. The first-order valence-electron chi connectivity index (χ1n) is 4.97. The molecular weight excluding hydrogens is 150 g/mol. The van der Waals surface area contributed by atoms with E-state index in [1.807, 2.05) is 0 Å². The third-order valence-corrected chi connectivity index (χ3v) is 2.61. The highest BCUT2D eigenvalue weighted by Crippen LogP contribution is 2.17. The summed E-state index contributed by atoms with van der Waals surface area (Å²) < 4.78 is 5.64. The molecule has 0 saturated carbocycles. The molecule has 1 N–H and O–H groups in total. The molecule has 12 heavy (non-hydrogen) atoms. The van der Waals surface area contributed by atoms with Crippen LogP contribution in [-0.2, 0) is 4.74 Å². The van der Waals surface area contributed by atoms with Gasteiger partial charge in [-0.25, -0.2) is 0 Å². The molecule has 2 saturated heterocycles. The van der Waals surface area contributed by atoms with E-state index in [0.29, 0.717) is 6.10 Å². The molecule has 2 nitrogen and oxygen atoms in total. The number of nitrogens with one attached hydrogen (secondary N) is 1.